The minimum absolute atomic E-state index is 0.159. The van der Waals surface area contributed by atoms with Crippen LogP contribution in [0, 0.1) is 0 Å². The van der Waals surface area contributed by atoms with E-state index in [1.807, 2.05) is 4.90 Å². The van der Waals surface area contributed by atoms with Crippen molar-refractivity contribution >= 4 is 11.6 Å². The van der Waals surface area contributed by atoms with Gasteiger partial charge in [0.25, 0.3) is 0 Å². The third kappa shape index (κ3) is 3.30. The summed E-state index contributed by atoms with van der Waals surface area (Å²) in [6.45, 7) is 7.05. The van der Waals surface area contributed by atoms with E-state index >= 15 is 0 Å². The van der Waals surface area contributed by atoms with Gasteiger partial charge < -0.3 is 10.6 Å². The first-order valence-electron chi connectivity index (χ1n) is 6.48. The minimum atomic E-state index is -4.58. The van der Waals surface area contributed by atoms with E-state index in [0.29, 0.717) is 19.1 Å². The molecule has 2 N–H and O–H groups in total. The molecule has 1 aromatic rings. The van der Waals surface area contributed by atoms with Crippen LogP contribution in [0.25, 0.3) is 0 Å². The lowest BCUT2D eigenvalue weighted by Crippen LogP contribution is -2.49. The zero-order valence-corrected chi connectivity index (χ0v) is 11.5. The van der Waals surface area contributed by atoms with E-state index in [1.165, 1.54) is 6.07 Å². The van der Waals surface area contributed by atoms with E-state index in [1.54, 1.807) is 0 Å². The summed E-state index contributed by atoms with van der Waals surface area (Å²) in [5.41, 5.74) is 5.45. The second-order valence-electron chi connectivity index (χ2n) is 5.09. The second kappa shape index (κ2) is 5.43. The van der Waals surface area contributed by atoms with Gasteiger partial charge in [-0.25, -0.2) is 9.97 Å². The smallest absolute Gasteiger partial charge is 0.384 e. The van der Waals surface area contributed by atoms with Gasteiger partial charge >= 0.3 is 6.18 Å². The number of nitrogens with zero attached hydrogens (tertiary/aromatic N) is 4. The van der Waals surface area contributed by atoms with Crippen molar-refractivity contribution in [2.24, 2.45) is 0 Å². The lowest BCUT2D eigenvalue weighted by molar-refractivity contribution is -0.144. The highest BCUT2D eigenvalue weighted by atomic mass is 19.4. The maximum Gasteiger partial charge on any atom is 0.451 e. The molecule has 5 nitrogen and oxygen atoms in total. The zero-order valence-electron chi connectivity index (χ0n) is 11.5. The lowest BCUT2D eigenvalue weighted by atomic mass is 10.2. The molecule has 20 heavy (non-hydrogen) atoms. The fourth-order valence-corrected chi connectivity index (χ4v) is 2.21. The molecule has 1 aliphatic heterocycles. The summed E-state index contributed by atoms with van der Waals surface area (Å²) < 4.78 is 38.0. The molecule has 1 aliphatic rings. The number of nitrogens with two attached hydrogens (primary N) is 1. The van der Waals surface area contributed by atoms with Gasteiger partial charge in [0.1, 0.15) is 11.6 Å². The Morgan fingerprint density at radius 1 is 1.15 bits per heavy atom. The second-order valence-corrected chi connectivity index (χ2v) is 5.09. The number of halogens is 3. The molecule has 0 atom stereocenters. The standard InChI is InChI=1S/C12H18F3N5/c1-8(2)19-3-5-20(6-4-19)10-7-9(16)17-11(18-10)12(13,14)15/h7-8H,3-6H2,1-2H3,(H2,16,17,18). The molecule has 0 bridgehead atoms. The first-order valence-corrected chi connectivity index (χ1v) is 6.48. The molecular formula is C12H18F3N5. The number of hydrogen-bond donors (Lipinski definition) is 1. The quantitative estimate of drug-likeness (QED) is 0.896. The van der Waals surface area contributed by atoms with Gasteiger partial charge in [-0.15, -0.1) is 0 Å². The van der Waals surface area contributed by atoms with Gasteiger partial charge in [-0.05, 0) is 13.8 Å². The summed E-state index contributed by atoms with van der Waals surface area (Å²) in [5, 5.41) is 0. The molecule has 0 aliphatic carbocycles. The van der Waals surface area contributed by atoms with Crippen LogP contribution in [0.3, 0.4) is 0 Å². The molecule has 8 heteroatoms. The van der Waals surface area contributed by atoms with Gasteiger partial charge in [0.05, 0.1) is 0 Å². The summed E-state index contributed by atoms with van der Waals surface area (Å²) in [5.74, 6) is -1.10. The Kier molecular flexibility index (Phi) is 4.03. The fourth-order valence-electron chi connectivity index (χ4n) is 2.21. The van der Waals surface area contributed by atoms with Crippen LogP contribution in [0.1, 0.15) is 19.7 Å². The molecule has 112 valence electrons. The summed E-state index contributed by atoms with van der Waals surface area (Å²) in [4.78, 5) is 10.9. The topological polar surface area (TPSA) is 58.3 Å². The van der Waals surface area contributed by atoms with E-state index in [-0.39, 0.29) is 11.6 Å². The molecule has 0 saturated carbocycles. The first kappa shape index (κ1) is 14.8. The van der Waals surface area contributed by atoms with Crippen LogP contribution in [0.15, 0.2) is 6.07 Å². The molecule has 1 aromatic heterocycles. The van der Waals surface area contributed by atoms with Crippen LogP contribution in [0.2, 0.25) is 0 Å². The van der Waals surface area contributed by atoms with Crippen molar-refractivity contribution < 1.29 is 13.2 Å². The van der Waals surface area contributed by atoms with Crippen molar-refractivity contribution in [1.82, 2.24) is 14.9 Å². The molecule has 0 aromatic carbocycles. The lowest BCUT2D eigenvalue weighted by Gasteiger charge is -2.37. The highest BCUT2D eigenvalue weighted by Crippen LogP contribution is 2.28. The Labute approximate surface area is 115 Å². The fraction of sp³-hybridized carbons (Fsp3) is 0.667. The summed E-state index contributed by atoms with van der Waals surface area (Å²) in [7, 11) is 0. The summed E-state index contributed by atoms with van der Waals surface area (Å²) in [6, 6.07) is 1.82. The average molecular weight is 289 g/mol. The van der Waals surface area contributed by atoms with E-state index in [4.69, 9.17) is 5.73 Å². The van der Waals surface area contributed by atoms with E-state index < -0.39 is 12.0 Å². The van der Waals surface area contributed by atoms with Gasteiger partial charge in [0.15, 0.2) is 0 Å². The van der Waals surface area contributed by atoms with Crippen LogP contribution in [-0.4, -0.2) is 47.1 Å². The molecule has 1 saturated heterocycles. The number of rotatable bonds is 2. The molecule has 1 fully saturated rings. The number of alkyl halides is 3. The highest BCUT2D eigenvalue weighted by Gasteiger charge is 2.36. The van der Waals surface area contributed by atoms with Gasteiger partial charge in [0.2, 0.25) is 5.82 Å². The van der Waals surface area contributed by atoms with Crippen LogP contribution in [0.5, 0.6) is 0 Å². The van der Waals surface area contributed by atoms with Gasteiger partial charge in [-0.1, -0.05) is 0 Å². The van der Waals surface area contributed by atoms with Crippen LogP contribution in [-0.2, 0) is 6.18 Å². The Balaban J connectivity index is 2.16. The van der Waals surface area contributed by atoms with E-state index in [9.17, 15) is 13.2 Å². The molecule has 2 heterocycles. The predicted molar refractivity (Wildman–Crippen MR) is 70.4 cm³/mol. The maximum atomic E-state index is 12.7. The number of anilines is 2. The Morgan fingerprint density at radius 3 is 2.25 bits per heavy atom. The van der Waals surface area contributed by atoms with E-state index in [0.717, 1.165) is 13.1 Å². The normalized spacial score (nSPS) is 17.8. The molecule has 0 radical (unpaired) electrons. The Morgan fingerprint density at radius 2 is 1.75 bits per heavy atom. The minimum Gasteiger partial charge on any atom is -0.384 e. The maximum absolute atomic E-state index is 12.7. The molecule has 0 amide bonds. The van der Waals surface area contributed by atoms with Crippen LogP contribution < -0.4 is 10.6 Å². The van der Waals surface area contributed by atoms with E-state index in [2.05, 4.69) is 28.7 Å². The largest absolute Gasteiger partial charge is 0.451 e. The molecular weight excluding hydrogens is 271 g/mol. The number of piperazine rings is 1. The molecule has 2 rings (SSSR count). The van der Waals surface area contributed by atoms with Gasteiger partial charge in [-0.3, -0.25) is 4.90 Å². The highest BCUT2D eigenvalue weighted by molar-refractivity contribution is 5.47. The third-order valence-corrected chi connectivity index (χ3v) is 3.35. The Hall–Kier alpha value is -1.57. The number of nitrogen functional groups attached to an aromatic ring is 1. The number of hydrogen-bond acceptors (Lipinski definition) is 5. The first-order chi connectivity index (χ1) is 9.27. The van der Waals surface area contributed by atoms with Gasteiger partial charge in [-0.2, -0.15) is 13.2 Å². The zero-order chi connectivity index (χ0) is 14.9. The van der Waals surface area contributed by atoms with Crippen molar-refractivity contribution in [1.29, 1.82) is 0 Å². The average Bonchev–Trinajstić information content (AvgIpc) is 2.37. The van der Waals surface area contributed by atoms with Crippen LogP contribution in [0.4, 0.5) is 24.8 Å². The Bertz CT molecular complexity index is 467. The van der Waals surface area contributed by atoms with Crippen molar-refractivity contribution in [3.8, 4) is 0 Å². The van der Waals surface area contributed by atoms with Crippen molar-refractivity contribution in [2.75, 3.05) is 36.8 Å². The monoisotopic (exact) mass is 289 g/mol. The van der Waals surface area contributed by atoms with Crippen molar-refractivity contribution in [3.63, 3.8) is 0 Å². The predicted octanol–water partition coefficient (Wildman–Crippen LogP) is 1.61. The van der Waals surface area contributed by atoms with Crippen molar-refractivity contribution in [2.45, 2.75) is 26.1 Å². The third-order valence-electron chi connectivity index (χ3n) is 3.35. The van der Waals surface area contributed by atoms with Gasteiger partial charge in [0, 0.05) is 38.3 Å². The molecule has 0 unspecified atom stereocenters. The van der Waals surface area contributed by atoms with Crippen LogP contribution >= 0.6 is 0 Å². The number of aromatic nitrogens is 2. The van der Waals surface area contributed by atoms with Crippen molar-refractivity contribution in [3.05, 3.63) is 11.9 Å². The summed E-state index contributed by atoms with van der Waals surface area (Å²) >= 11 is 0. The SMILES string of the molecule is CC(C)N1CCN(c2cc(N)nc(C(F)(F)F)n2)CC1. The molecule has 0 spiro atoms. The summed E-state index contributed by atoms with van der Waals surface area (Å²) in [6.07, 6.45) is -4.58.